The Kier molecular flexibility index (Phi) is 5.92. The van der Waals surface area contributed by atoms with E-state index in [0.29, 0.717) is 17.2 Å². The van der Waals surface area contributed by atoms with E-state index in [0.717, 1.165) is 10.0 Å². The minimum Gasteiger partial charge on any atom is -0.507 e. The summed E-state index contributed by atoms with van der Waals surface area (Å²) < 4.78 is 21.5. The molecule has 2 rings (SSSR count). The Morgan fingerprint density at radius 1 is 1.08 bits per heavy atom. The molecule has 0 fully saturated rings. The van der Waals surface area contributed by atoms with Crippen molar-refractivity contribution < 1.29 is 28.8 Å². The lowest BCUT2D eigenvalue weighted by Crippen LogP contribution is -2.02. The summed E-state index contributed by atoms with van der Waals surface area (Å²) >= 11 is 3.45. The number of halogens is 1. The minimum atomic E-state index is -0.610. The average Bonchev–Trinajstić information content (AvgIpc) is 2.59. The molecule has 0 aliphatic carbocycles. The molecule has 6 nitrogen and oxygen atoms in total. The molecule has 0 aliphatic heterocycles. The highest BCUT2D eigenvalue weighted by Gasteiger charge is 2.13. The number of hydrogen-bond donors (Lipinski definition) is 1. The van der Waals surface area contributed by atoms with Crippen LogP contribution in [0.1, 0.15) is 15.9 Å². The SMILES string of the molecule is COC(=O)c1ccc(OCc2cc(OC)c(OC)cc2Br)cc1O. The van der Waals surface area contributed by atoms with Crippen LogP contribution >= 0.6 is 15.9 Å². The number of carbonyl (C=O) groups is 1. The van der Waals surface area contributed by atoms with E-state index in [2.05, 4.69) is 20.7 Å². The lowest BCUT2D eigenvalue weighted by Gasteiger charge is -2.13. The predicted molar refractivity (Wildman–Crippen MR) is 91.0 cm³/mol. The van der Waals surface area contributed by atoms with Gasteiger partial charge in [-0.25, -0.2) is 4.79 Å². The zero-order chi connectivity index (χ0) is 17.7. The van der Waals surface area contributed by atoms with Gasteiger partial charge in [0.15, 0.2) is 11.5 Å². The normalized spacial score (nSPS) is 10.2. The van der Waals surface area contributed by atoms with Crippen molar-refractivity contribution in [1.29, 1.82) is 0 Å². The number of phenolic OH excluding ortho intramolecular Hbond substituents is 1. The van der Waals surface area contributed by atoms with Crippen LogP contribution in [0.2, 0.25) is 0 Å². The third-order valence-electron chi connectivity index (χ3n) is 3.32. The Labute approximate surface area is 148 Å². The van der Waals surface area contributed by atoms with E-state index >= 15 is 0 Å². The van der Waals surface area contributed by atoms with Crippen LogP contribution in [0, 0.1) is 0 Å². The summed E-state index contributed by atoms with van der Waals surface area (Å²) in [5.41, 5.74) is 0.918. The van der Waals surface area contributed by atoms with Crippen molar-refractivity contribution in [3.63, 3.8) is 0 Å². The molecule has 128 valence electrons. The Hall–Kier alpha value is -2.41. The standard InChI is InChI=1S/C17H17BrO6/c1-21-15-6-10(13(18)8-16(15)22-2)9-24-11-4-5-12(14(19)7-11)17(20)23-3/h4-8,19H,9H2,1-3H3. The van der Waals surface area contributed by atoms with Crippen LogP contribution in [-0.2, 0) is 11.3 Å². The molecule has 2 aromatic carbocycles. The van der Waals surface area contributed by atoms with Gasteiger partial charge in [-0.15, -0.1) is 0 Å². The highest BCUT2D eigenvalue weighted by Crippen LogP contribution is 2.34. The molecule has 0 saturated carbocycles. The highest BCUT2D eigenvalue weighted by molar-refractivity contribution is 9.10. The van der Waals surface area contributed by atoms with E-state index in [-0.39, 0.29) is 17.9 Å². The number of phenols is 1. The maximum absolute atomic E-state index is 11.4. The Bertz CT molecular complexity index is 744. The molecule has 0 amide bonds. The molecule has 0 aliphatic rings. The van der Waals surface area contributed by atoms with Crippen molar-refractivity contribution in [2.24, 2.45) is 0 Å². The second kappa shape index (κ2) is 7.92. The van der Waals surface area contributed by atoms with Crippen LogP contribution in [0.25, 0.3) is 0 Å². The Morgan fingerprint density at radius 3 is 2.33 bits per heavy atom. The third kappa shape index (κ3) is 3.91. The first-order valence-corrected chi connectivity index (χ1v) is 7.74. The molecule has 0 aromatic heterocycles. The molecule has 1 N–H and O–H groups in total. The van der Waals surface area contributed by atoms with Gasteiger partial charge in [0.05, 0.1) is 21.3 Å². The fraction of sp³-hybridized carbons (Fsp3) is 0.235. The number of esters is 1. The van der Waals surface area contributed by atoms with Gasteiger partial charge in [-0.3, -0.25) is 0 Å². The van der Waals surface area contributed by atoms with Crippen LogP contribution in [0.15, 0.2) is 34.8 Å². The first kappa shape index (κ1) is 17.9. The number of aromatic hydroxyl groups is 1. The zero-order valence-corrected chi connectivity index (χ0v) is 15.0. The molecule has 0 spiro atoms. The van der Waals surface area contributed by atoms with Gasteiger partial charge in [0.2, 0.25) is 0 Å². The third-order valence-corrected chi connectivity index (χ3v) is 4.06. The first-order valence-electron chi connectivity index (χ1n) is 6.94. The molecule has 0 saturated heterocycles. The van der Waals surface area contributed by atoms with Gasteiger partial charge in [0.25, 0.3) is 0 Å². The second-order valence-corrected chi connectivity index (χ2v) is 5.61. The quantitative estimate of drug-likeness (QED) is 0.752. The summed E-state index contributed by atoms with van der Waals surface area (Å²) in [5.74, 6) is 0.797. The lowest BCUT2D eigenvalue weighted by molar-refractivity contribution is 0.0597. The van der Waals surface area contributed by atoms with Crippen LogP contribution in [-0.4, -0.2) is 32.4 Å². The van der Waals surface area contributed by atoms with Gasteiger partial charge in [-0.1, -0.05) is 15.9 Å². The number of benzene rings is 2. The summed E-state index contributed by atoms with van der Waals surface area (Å²) in [6.45, 7) is 0.234. The predicted octanol–water partition coefficient (Wildman–Crippen LogP) is 3.54. The van der Waals surface area contributed by atoms with E-state index in [1.807, 2.05) is 0 Å². The molecular weight excluding hydrogens is 380 g/mol. The van der Waals surface area contributed by atoms with Gasteiger partial charge in [-0.05, 0) is 24.3 Å². The number of methoxy groups -OCH3 is 3. The molecule has 0 atom stereocenters. The van der Waals surface area contributed by atoms with E-state index in [9.17, 15) is 9.90 Å². The molecule has 24 heavy (non-hydrogen) atoms. The molecule has 0 radical (unpaired) electrons. The van der Waals surface area contributed by atoms with Crippen molar-refractivity contribution in [1.82, 2.24) is 0 Å². The van der Waals surface area contributed by atoms with E-state index < -0.39 is 5.97 Å². The van der Waals surface area contributed by atoms with Crippen molar-refractivity contribution >= 4 is 21.9 Å². The summed E-state index contributed by atoms with van der Waals surface area (Å²) in [5, 5.41) is 9.87. The maximum Gasteiger partial charge on any atom is 0.341 e. The first-order chi connectivity index (χ1) is 11.5. The topological polar surface area (TPSA) is 74.2 Å². The number of carbonyl (C=O) groups excluding carboxylic acids is 1. The van der Waals surface area contributed by atoms with E-state index in [1.54, 1.807) is 32.4 Å². The van der Waals surface area contributed by atoms with Gasteiger partial charge >= 0.3 is 5.97 Å². The van der Waals surface area contributed by atoms with E-state index in [1.165, 1.54) is 19.2 Å². The molecule has 0 bridgehead atoms. The molecule has 0 unspecified atom stereocenters. The van der Waals surface area contributed by atoms with Crippen molar-refractivity contribution in [2.45, 2.75) is 6.61 Å². The maximum atomic E-state index is 11.4. The number of ether oxygens (including phenoxy) is 4. The molecule has 2 aromatic rings. The van der Waals surface area contributed by atoms with Crippen molar-refractivity contribution in [3.05, 3.63) is 45.9 Å². The summed E-state index contributed by atoms with van der Waals surface area (Å²) in [7, 11) is 4.37. The second-order valence-electron chi connectivity index (χ2n) is 4.76. The van der Waals surface area contributed by atoms with Gasteiger partial charge in [0, 0.05) is 16.1 Å². The highest BCUT2D eigenvalue weighted by atomic mass is 79.9. The lowest BCUT2D eigenvalue weighted by atomic mass is 10.2. The minimum absolute atomic E-state index is 0.0807. The molecule has 7 heteroatoms. The van der Waals surface area contributed by atoms with Crippen LogP contribution < -0.4 is 14.2 Å². The number of rotatable bonds is 6. The summed E-state index contributed by atoms with van der Waals surface area (Å²) in [4.78, 5) is 11.4. The van der Waals surface area contributed by atoms with Crippen molar-refractivity contribution in [2.75, 3.05) is 21.3 Å². The fourth-order valence-corrected chi connectivity index (χ4v) is 2.49. The van der Waals surface area contributed by atoms with Gasteiger partial charge < -0.3 is 24.1 Å². The molecular formula is C17H17BrO6. The summed E-state index contributed by atoms with van der Waals surface area (Å²) in [6, 6.07) is 7.97. The van der Waals surface area contributed by atoms with Crippen molar-refractivity contribution in [3.8, 4) is 23.0 Å². The van der Waals surface area contributed by atoms with Crippen LogP contribution in [0.5, 0.6) is 23.0 Å². The van der Waals surface area contributed by atoms with Crippen LogP contribution in [0.4, 0.5) is 0 Å². The monoisotopic (exact) mass is 396 g/mol. The average molecular weight is 397 g/mol. The van der Waals surface area contributed by atoms with Gasteiger partial charge in [0.1, 0.15) is 23.7 Å². The summed E-state index contributed by atoms with van der Waals surface area (Å²) in [6.07, 6.45) is 0. The van der Waals surface area contributed by atoms with Crippen LogP contribution in [0.3, 0.4) is 0 Å². The fourth-order valence-electron chi connectivity index (χ4n) is 2.05. The Balaban J connectivity index is 2.16. The zero-order valence-electron chi connectivity index (χ0n) is 13.5. The smallest absolute Gasteiger partial charge is 0.341 e. The van der Waals surface area contributed by atoms with E-state index in [4.69, 9.17) is 14.2 Å². The molecule has 0 heterocycles. The largest absolute Gasteiger partial charge is 0.507 e. The Morgan fingerprint density at radius 2 is 1.75 bits per heavy atom. The van der Waals surface area contributed by atoms with Gasteiger partial charge in [-0.2, -0.15) is 0 Å². The number of hydrogen-bond acceptors (Lipinski definition) is 6.